The maximum Gasteiger partial charge on any atom is 0.220 e. The number of piperidine rings is 1. The van der Waals surface area contributed by atoms with Crippen molar-refractivity contribution in [3.05, 3.63) is 16.1 Å². The second-order valence-electron chi connectivity index (χ2n) is 5.95. The van der Waals surface area contributed by atoms with Crippen molar-refractivity contribution in [1.82, 2.24) is 15.6 Å². The smallest absolute Gasteiger partial charge is 0.220 e. The van der Waals surface area contributed by atoms with Crippen LogP contribution in [-0.4, -0.2) is 30.5 Å². The van der Waals surface area contributed by atoms with Crippen molar-refractivity contribution >= 4 is 17.2 Å². The molecule has 0 aromatic carbocycles. The summed E-state index contributed by atoms with van der Waals surface area (Å²) in [5, 5.41) is 9.69. The molecule has 1 aromatic rings. The van der Waals surface area contributed by atoms with E-state index in [-0.39, 0.29) is 5.91 Å². The first-order valence-corrected chi connectivity index (χ1v) is 8.97. The van der Waals surface area contributed by atoms with Crippen LogP contribution in [0.3, 0.4) is 0 Å². The molecule has 0 bridgehead atoms. The van der Waals surface area contributed by atoms with Gasteiger partial charge in [-0.25, -0.2) is 4.98 Å². The summed E-state index contributed by atoms with van der Waals surface area (Å²) in [6.45, 7) is 7.22. The Labute approximate surface area is 131 Å². The molecule has 2 rings (SSSR count). The molecule has 1 aliphatic heterocycles. The van der Waals surface area contributed by atoms with Gasteiger partial charge in [0.25, 0.3) is 0 Å². The Hall–Kier alpha value is -0.940. The molecular formula is C16H27N3OS. The lowest BCUT2D eigenvalue weighted by molar-refractivity contribution is -0.122. The summed E-state index contributed by atoms with van der Waals surface area (Å²) in [4.78, 5) is 16.5. The average molecular weight is 309 g/mol. The van der Waals surface area contributed by atoms with E-state index in [0.717, 1.165) is 31.6 Å². The minimum Gasteiger partial charge on any atom is -0.356 e. The molecule has 0 aliphatic carbocycles. The highest BCUT2D eigenvalue weighted by atomic mass is 32.1. The van der Waals surface area contributed by atoms with Gasteiger partial charge in [0.1, 0.15) is 0 Å². The quantitative estimate of drug-likeness (QED) is 0.813. The minimum absolute atomic E-state index is 0.187. The predicted molar refractivity (Wildman–Crippen MR) is 87.6 cm³/mol. The van der Waals surface area contributed by atoms with Gasteiger partial charge in [-0.1, -0.05) is 13.8 Å². The Morgan fingerprint density at radius 2 is 2.29 bits per heavy atom. The first kappa shape index (κ1) is 16.4. The lowest BCUT2D eigenvalue weighted by atomic mass is 9.84. The number of carbonyl (C=O) groups excluding carboxylic acids is 1. The van der Waals surface area contributed by atoms with Crippen LogP contribution < -0.4 is 10.6 Å². The Morgan fingerprint density at radius 3 is 2.95 bits per heavy atom. The van der Waals surface area contributed by atoms with Crippen molar-refractivity contribution in [2.45, 2.75) is 46.0 Å². The van der Waals surface area contributed by atoms with E-state index in [0.29, 0.717) is 24.8 Å². The van der Waals surface area contributed by atoms with Crippen molar-refractivity contribution in [3.63, 3.8) is 0 Å². The second-order valence-corrected chi connectivity index (χ2v) is 6.90. The fraction of sp³-hybridized carbons (Fsp3) is 0.750. The molecule has 1 aliphatic rings. The Balaban J connectivity index is 1.64. The third kappa shape index (κ3) is 5.40. The zero-order chi connectivity index (χ0) is 15.1. The molecule has 1 fully saturated rings. The molecule has 4 nitrogen and oxygen atoms in total. The summed E-state index contributed by atoms with van der Waals surface area (Å²) in [7, 11) is 0. The van der Waals surface area contributed by atoms with Crippen LogP contribution in [0.25, 0.3) is 0 Å². The maximum absolute atomic E-state index is 12.0. The Kier molecular flexibility index (Phi) is 6.64. The van der Waals surface area contributed by atoms with Gasteiger partial charge in [-0.2, -0.15) is 0 Å². The fourth-order valence-electron chi connectivity index (χ4n) is 2.90. The molecule has 21 heavy (non-hydrogen) atoms. The lowest BCUT2D eigenvalue weighted by Gasteiger charge is -2.27. The van der Waals surface area contributed by atoms with Crippen molar-refractivity contribution in [1.29, 1.82) is 0 Å². The molecule has 1 amide bonds. The van der Waals surface area contributed by atoms with Crippen molar-refractivity contribution in [2.24, 2.45) is 11.8 Å². The summed E-state index contributed by atoms with van der Waals surface area (Å²) < 4.78 is 0. The van der Waals surface area contributed by atoms with E-state index in [1.807, 2.05) is 0 Å². The number of hydrogen-bond donors (Lipinski definition) is 2. The van der Waals surface area contributed by atoms with Crippen LogP contribution in [0, 0.1) is 11.8 Å². The fourth-order valence-corrected chi connectivity index (χ4v) is 3.68. The summed E-state index contributed by atoms with van der Waals surface area (Å²) >= 11 is 1.71. The largest absolute Gasteiger partial charge is 0.356 e. The molecule has 5 heteroatoms. The van der Waals surface area contributed by atoms with Gasteiger partial charge in [-0.05, 0) is 44.2 Å². The summed E-state index contributed by atoms with van der Waals surface area (Å²) in [6, 6.07) is 0. The molecule has 1 unspecified atom stereocenters. The molecular weight excluding hydrogens is 282 g/mol. The predicted octanol–water partition coefficient (Wildman–Crippen LogP) is 2.39. The van der Waals surface area contributed by atoms with E-state index in [1.165, 1.54) is 17.8 Å². The molecule has 2 heterocycles. The molecule has 1 aromatic heterocycles. The highest BCUT2D eigenvalue weighted by Gasteiger charge is 2.21. The van der Waals surface area contributed by atoms with E-state index >= 15 is 0 Å². The number of carbonyl (C=O) groups is 1. The molecule has 1 atom stereocenters. The average Bonchev–Trinajstić information content (AvgIpc) is 2.96. The van der Waals surface area contributed by atoms with Gasteiger partial charge in [-0.3, -0.25) is 4.79 Å². The van der Waals surface area contributed by atoms with Gasteiger partial charge < -0.3 is 10.6 Å². The zero-order valence-corrected chi connectivity index (χ0v) is 14.0. The van der Waals surface area contributed by atoms with Crippen molar-refractivity contribution < 1.29 is 4.79 Å². The second kappa shape index (κ2) is 8.49. The molecule has 0 radical (unpaired) electrons. The van der Waals surface area contributed by atoms with Crippen LogP contribution in [-0.2, 0) is 17.6 Å². The third-order valence-electron chi connectivity index (χ3n) is 4.30. The van der Waals surface area contributed by atoms with E-state index in [9.17, 15) is 4.79 Å². The monoisotopic (exact) mass is 309 g/mol. The Bertz CT molecular complexity index is 440. The first-order valence-electron chi connectivity index (χ1n) is 8.09. The summed E-state index contributed by atoms with van der Waals surface area (Å²) in [5.41, 5.74) is 1.10. The topological polar surface area (TPSA) is 54.0 Å². The highest BCUT2D eigenvalue weighted by Crippen LogP contribution is 2.24. The van der Waals surface area contributed by atoms with Gasteiger partial charge in [0.15, 0.2) is 0 Å². The third-order valence-corrected chi connectivity index (χ3v) is 5.34. The minimum atomic E-state index is 0.187. The standard InChI is InChI=1S/C16H27N3OS/c1-3-16-19-14(11-21-16)6-9-18-15(20)10-12(2)13-4-7-17-8-5-13/h11-13,17H,3-10H2,1-2H3,(H,18,20). The summed E-state index contributed by atoms with van der Waals surface area (Å²) in [5.74, 6) is 1.37. The number of amides is 1. The highest BCUT2D eigenvalue weighted by molar-refractivity contribution is 7.09. The SMILES string of the molecule is CCc1nc(CCNC(=O)CC(C)C2CCNCC2)cs1. The van der Waals surface area contributed by atoms with Gasteiger partial charge >= 0.3 is 0 Å². The van der Waals surface area contributed by atoms with E-state index in [4.69, 9.17) is 0 Å². The van der Waals surface area contributed by atoms with Gasteiger partial charge in [0.05, 0.1) is 10.7 Å². The molecule has 2 N–H and O–H groups in total. The molecule has 0 saturated carbocycles. The van der Waals surface area contributed by atoms with E-state index in [1.54, 1.807) is 11.3 Å². The summed E-state index contributed by atoms with van der Waals surface area (Å²) in [6.07, 6.45) is 4.89. The Morgan fingerprint density at radius 1 is 1.52 bits per heavy atom. The molecule has 118 valence electrons. The normalized spacial score (nSPS) is 17.6. The lowest BCUT2D eigenvalue weighted by Crippen LogP contribution is -2.34. The van der Waals surface area contributed by atoms with Crippen LogP contribution >= 0.6 is 11.3 Å². The zero-order valence-electron chi connectivity index (χ0n) is 13.2. The molecule has 0 spiro atoms. The van der Waals surface area contributed by atoms with Crippen LogP contribution in [0.15, 0.2) is 5.38 Å². The number of aryl methyl sites for hydroxylation is 1. The van der Waals surface area contributed by atoms with Crippen LogP contribution in [0.1, 0.15) is 43.8 Å². The van der Waals surface area contributed by atoms with Crippen molar-refractivity contribution in [2.75, 3.05) is 19.6 Å². The maximum atomic E-state index is 12.0. The van der Waals surface area contributed by atoms with Gasteiger partial charge in [-0.15, -0.1) is 11.3 Å². The van der Waals surface area contributed by atoms with Crippen LogP contribution in [0.4, 0.5) is 0 Å². The number of nitrogens with zero attached hydrogens (tertiary/aromatic N) is 1. The van der Waals surface area contributed by atoms with Crippen molar-refractivity contribution in [3.8, 4) is 0 Å². The number of rotatable bonds is 7. The molecule has 1 saturated heterocycles. The van der Waals surface area contributed by atoms with Gasteiger partial charge in [0.2, 0.25) is 5.91 Å². The number of thiazole rings is 1. The number of hydrogen-bond acceptors (Lipinski definition) is 4. The van der Waals surface area contributed by atoms with Gasteiger partial charge in [0, 0.05) is 24.8 Å². The first-order chi connectivity index (χ1) is 10.2. The number of nitrogens with one attached hydrogen (secondary N) is 2. The van der Waals surface area contributed by atoms with E-state index < -0.39 is 0 Å². The van der Waals surface area contributed by atoms with Crippen LogP contribution in [0.2, 0.25) is 0 Å². The van der Waals surface area contributed by atoms with E-state index in [2.05, 4.69) is 34.8 Å². The van der Waals surface area contributed by atoms with Crippen LogP contribution in [0.5, 0.6) is 0 Å². The number of aromatic nitrogens is 1.